The van der Waals surface area contributed by atoms with Gasteiger partial charge in [0.05, 0.1) is 11.9 Å². The lowest BCUT2D eigenvalue weighted by Gasteiger charge is -2.19. The van der Waals surface area contributed by atoms with Gasteiger partial charge < -0.3 is 4.90 Å². The lowest BCUT2D eigenvalue weighted by atomic mass is 10.1. The Labute approximate surface area is 113 Å². The zero-order valence-electron chi connectivity index (χ0n) is 11.3. The lowest BCUT2D eigenvalue weighted by molar-refractivity contribution is 0.101. The third kappa shape index (κ3) is 3.65. The molecule has 0 N–H and O–H groups in total. The number of rotatable bonds is 5. The van der Waals surface area contributed by atoms with E-state index in [9.17, 15) is 4.79 Å². The van der Waals surface area contributed by atoms with E-state index in [1.807, 2.05) is 19.2 Å². The smallest absolute Gasteiger partial charge is 0.178 e. The van der Waals surface area contributed by atoms with E-state index in [0.29, 0.717) is 5.69 Å². The van der Waals surface area contributed by atoms with E-state index in [0.717, 1.165) is 18.7 Å². The van der Waals surface area contributed by atoms with Crippen molar-refractivity contribution in [1.82, 2.24) is 4.98 Å². The predicted octanol–water partition coefficient (Wildman–Crippen LogP) is 2.96. The van der Waals surface area contributed by atoms with Gasteiger partial charge in [0.25, 0.3) is 0 Å². The highest BCUT2D eigenvalue weighted by molar-refractivity contribution is 5.92. The molecule has 2 rings (SSSR count). The van der Waals surface area contributed by atoms with Crippen molar-refractivity contribution in [1.29, 1.82) is 0 Å². The summed E-state index contributed by atoms with van der Waals surface area (Å²) in [6.07, 6.45) is 2.74. The van der Waals surface area contributed by atoms with Crippen LogP contribution in [0.2, 0.25) is 0 Å². The number of nitrogens with zero attached hydrogens (tertiary/aromatic N) is 2. The molecule has 19 heavy (non-hydrogen) atoms. The Morgan fingerprint density at radius 2 is 1.89 bits per heavy atom. The highest BCUT2D eigenvalue weighted by Crippen LogP contribution is 2.12. The Morgan fingerprint density at radius 1 is 1.16 bits per heavy atom. The fraction of sp³-hybridized carbons (Fsp3) is 0.250. The normalized spacial score (nSPS) is 10.2. The van der Waals surface area contributed by atoms with Crippen molar-refractivity contribution in [2.45, 2.75) is 13.3 Å². The number of hydrogen-bond acceptors (Lipinski definition) is 3. The molecule has 0 spiro atoms. The number of aromatic nitrogens is 1. The van der Waals surface area contributed by atoms with Gasteiger partial charge in [-0.1, -0.05) is 30.3 Å². The number of Topliss-reactive ketones (excluding diaryl/α,β-unsaturated/α-hetero) is 1. The number of ketones is 1. The van der Waals surface area contributed by atoms with Gasteiger partial charge in [0.15, 0.2) is 5.78 Å². The quantitative estimate of drug-likeness (QED) is 0.769. The summed E-state index contributed by atoms with van der Waals surface area (Å²) in [6, 6.07) is 14.1. The van der Waals surface area contributed by atoms with E-state index < -0.39 is 0 Å². The fourth-order valence-corrected chi connectivity index (χ4v) is 1.89. The van der Waals surface area contributed by atoms with E-state index in [2.05, 4.69) is 34.1 Å². The standard InChI is InChI=1S/C16H18N2O/c1-13(19)16-9-8-15(12-17-16)18(2)11-10-14-6-4-3-5-7-14/h3-9,12H,10-11H2,1-2H3. The summed E-state index contributed by atoms with van der Waals surface area (Å²) in [4.78, 5) is 17.5. The number of likely N-dealkylation sites (N-methyl/N-ethyl adjacent to an activating group) is 1. The molecular weight excluding hydrogens is 236 g/mol. The number of pyridine rings is 1. The first-order valence-electron chi connectivity index (χ1n) is 6.39. The van der Waals surface area contributed by atoms with Crippen molar-refractivity contribution in [3.63, 3.8) is 0 Å². The second-order valence-corrected chi connectivity index (χ2v) is 4.61. The minimum Gasteiger partial charge on any atom is -0.373 e. The maximum Gasteiger partial charge on any atom is 0.178 e. The average Bonchev–Trinajstić information content (AvgIpc) is 2.46. The summed E-state index contributed by atoms with van der Waals surface area (Å²) >= 11 is 0. The van der Waals surface area contributed by atoms with E-state index in [4.69, 9.17) is 0 Å². The van der Waals surface area contributed by atoms with Crippen molar-refractivity contribution in [2.75, 3.05) is 18.5 Å². The van der Waals surface area contributed by atoms with Crippen LogP contribution in [0.5, 0.6) is 0 Å². The van der Waals surface area contributed by atoms with Gasteiger partial charge in [-0.05, 0) is 24.1 Å². The summed E-state index contributed by atoms with van der Waals surface area (Å²) in [7, 11) is 2.04. The Morgan fingerprint density at radius 3 is 2.47 bits per heavy atom. The molecule has 0 saturated heterocycles. The molecule has 1 heterocycles. The molecule has 0 aliphatic carbocycles. The first kappa shape index (κ1) is 13.3. The third-order valence-corrected chi connectivity index (χ3v) is 3.13. The predicted molar refractivity (Wildman–Crippen MR) is 77.7 cm³/mol. The van der Waals surface area contributed by atoms with E-state index >= 15 is 0 Å². The molecule has 3 heteroatoms. The third-order valence-electron chi connectivity index (χ3n) is 3.13. The summed E-state index contributed by atoms with van der Waals surface area (Å²) in [5, 5.41) is 0. The van der Waals surface area contributed by atoms with Gasteiger partial charge in [0.2, 0.25) is 0 Å². The Bertz CT molecular complexity index is 534. The second kappa shape index (κ2) is 6.14. The molecule has 0 aliphatic heterocycles. The number of benzene rings is 1. The second-order valence-electron chi connectivity index (χ2n) is 4.61. The van der Waals surface area contributed by atoms with E-state index in [-0.39, 0.29) is 5.78 Å². The van der Waals surface area contributed by atoms with Gasteiger partial charge in [0.1, 0.15) is 5.69 Å². The van der Waals surface area contributed by atoms with Crippen LogP contribution in [-0.4, -0.2) is 24.4 Å². The highest BCUT2D eigenvalue weighted by Gasteiger charge is 2.04. The summed E-state index contributed by atoms with van der Waals surface area (Å²) in [6.45, 7) is 2.45. The molecule has 0 aliphatic rings. The molecule has 1 aromatic heterocycles. The van der Waals surface area contributed by atoms with Gasteiger partial charge in [-0.2, -0.15) is 0 Å². The summed E-state index contributed by atoms with van der Waals surface area (Å²) in [5.74, 6) is -0.00140. The van der Waals surface area contributed by atoms with Crippen LogP contribution in [-0.2, 0) is 6.42 Å². The summed E-state index contributed by atoms with van der Waals surface area (Å²) in [5.41, 5.74) is 2.86. The van der Waals surface area contributed by atoms with Crippen LogP contribution in [0.3, 0.4) is 0 Å². The van der Waals surface area contributed by atoms with Gasteiger partial charge in [-0.25, -0.2) is 0 Å². The monoisotopic (exact) mass is 254 g/mol. The first-order valence-corrected chi connectivity index (χ1v) is 6.39. The molecular formula is C16H18N2O. The Kier molecular flexibility index (Phi) is 4.29. The topological polar surface area (TPSA) is 33.2 Å². The molecule has 0 radical (unpaired) electrons. The van der Waals surface area contributed by atoms with E-state index in [1.165, 1.54) is 12.5 Å². The molecule has 0 bridgehead atoms. The average molecular weight is 254 g/mol. The maximum atomic E-state index is 11.2. The van der Waals surface area contributed by atoms with E-state index in [1.54, 1.807) is 12.3 Å². The zero-order valence-corrected chi connectivity index (χ0v) is 11.3. The SMILES string of the molecule is CC(=O)c1ccc(N(C)CCc2ccccc2)cn1. The number of carbonyl (C=O) groups excluding carboxylic acids is 1. The van der Waals surface area contributed by atoms with Crippen molar-refractivity contribution < 1.29 is 4.79 Å². The number of hydrogen-bond donors (Lipinski definition) is 0. The van der Waals surface area contributed by atoms with Crippen LogP contribution < -0.4 is 4.90 Å². The zero-order chi connectivity index (χ0) is 13.7. The maximum absolute atomic E-state index is 11.2. The van der Waals surface area contributed by atoms with Crippen LogP contribution in [0, 0.1) is 0 Å². The van der Waals surface area contributed by atoms with Crippen LogP contribution in [0.4, 0.5) is 5.69 Å². The van der Waals surface area contributed by atoms with Crippen molar-refractivity contribution >= 4 is 11.5 Å². The largest absolute Gasteiger partial charge is 0.373 e. The van der Waals surface area contributed by atoms with Gasteiger partial charge in [0, 0.05) is 20.5 Å². The van der Waals surface area contributed by atoms with Crippen LogP contribution >= 0.6 is 0 Å². The number of anilines is 1. The van der Waals surface area contributed by atoms with Crippen LogP contribution in [0.1, 0.15) is 23.0 Å². The van der Waals surface area contributed by atoms with Crippen molar-refractivity contribution in [3.8, 4) is 0 Å². The lowest BCUT2D eigenvalue weighted by Crippen LogP contribution is -2.20. The van der Waals surface area contributed by atoms with Gasteiger partial charge >= 0.3 is 0 Å². The molecule has 0 atom stereocenters. The van der Waals surface area contributed by atoms with Crippen molar-refractivity contribution in [2.24, 2.45) is 0 Å². The molecule has 2 aromatic rings. The molecule has 0 amide bonds. The minimum absolute atomic E-state index is 0.00140. The number of carbonyl (C=O) groups is 1. The molecule has 0 unspecified atom stereocenters. The van der Waals surface area contributed by atoms with Crippen LogP contribution in [0.25, 0.3) is 0 Å². The van der Waals surface area contributed by atoms with Gasteiger partial charge in [-0.15, -0.1) is 0 Å². The molecule has 0 saturated carbocycles. The summed E-state index contributed by atoms with van der Waals surface area (Å²) < 4.78 is 0. The minimum atomic E-state index is -0.00140. The highest BCUT2D eigenvalue weighted by atomic mass is 16.1. The molecule has 3 nitrogen and oxygen atoms in total. The van der Waals surface area contributed by atoms with Gasteiger partial charge in [-0.3, -0.25) is 9.78 Å². The Balaban J connectivity index is 1.96. The molecule has 1 aromatic carbocycles. The first-order chi connectivity index (χ1) is 9.16. The molecule has 98 valence electrons. The fourth-order valence-electron chi connectivity index (χ4n) is 1.89. The van der Waals surface area contributed by atoms with Crippen LogP contribution in [0.15, 0.2) is 48.7 Å². The Hall–Kier alpha value is -2.16. The van der Waals surface area contributed by atoms with Crippen molar-refractivity contribution in [3.05, 3.63) is 59.9 Å². The molecule has 0 fully saturated rings.